The first-order chi connectivity index (χ1) is 13.1. The fourth-order valence-corrected chi connectivity index (χ4v) is 4.92. The highest BCUT2D eigenvalue weighted by Crippen LogP contribution is 2.48. The summed E-state index contributed by atoms with van der Waals surface area (Å²) in [6.45, 7) is 3.97. The van der Waals surface area contributed by atoms with E-state index in [1.54, 1.807) is 6.20 Å². The van der Waals surface area contributed by atoms with Gasteiger partial charge in [-0.05, 0) is 18.4 Å². The number of rotatable bonds is 3. The van der Waals surface area contributed by atoms with E-state index in [2.05, 4.69) is 11.9 Å². The van der Waals surface area contributed by atoms with Crippen molar-refractivity contribution in [3.05, 3.63) is 24.4 Å². The lowest BCUT2D eigenvalue weighted by atomic mass is 9.92. The minimum atomic E-state index is -5.08. The molecule has 1 saturated carbocycles. The summed E-state index contributed by atoms with van der Waals surface area (Å²) >= 11 is 1.97. The van der Waals surface area contributed by atoms with E-state index in [0.29, 0.717) is 23.6 Å². The summed E-state index contributed by atoms with van der Waals surface area (Å²) in [4.78, 5) is 27.3. The van der Waals surface area contributed by atoms with Crippen molar-refractivity contribution in [1.82, 2.24) is 9.88 Å². The summed E-state index contributed by atoms with van der Waals surface area (Å²) < 4.78 is 37.9. The van der Waals surface area contributed by atoms with Gasteiger partial charge in [0.15, 0.2) is 0 Å². The molecule has 1 aromatic heterocycles. The lowest BCUT2D eigenvalue weighted by Gasteiger charge is -2.47. The number of amides is 1. The Morgan fingerprint density at radius 2 is 2.00 bits per heavy atom. The number of nitrogens with zero attached hydrogens (tertiary/aromatic N) is 2. The number of pyridine rings is 1. The van der Waals surface area contributed by atoms with Crippen molar-refractivity contribution in [2.24, 2.45) is 11.8 Å². The highest BCUT2D eigenvalue weighted by molar-refractivity contribution is 8.01. The van der Waals surface area contributed by atoms with Gasteiger partial charge in [0.25, 0.3) is 0 Å². The number of hydrogen-bond acceptors (Lipinski definition) is 5. The Kier molecular flexibility index (Phi) is 5.79. The zero-order valence-corrected chi connectivity index (χ0v) is 16.0. The molecule has 0 aromatic carbocycles. The van der Waals surface area contributed by atoms with Crippen molar-refractivity contribution in [1.29, 1.82) is 0 Å². The molecule has 1 aliphatic carbocycles. The van der Waals surface area contributed by atoms with Gasteiger partial charge in [-0.2, -0.15) is 13.2 Å². The van der Waals surface area contributed by atoms with E-state index in [1.165, 1.54) is 0 Å². The van der Waals surface area contributed by atoms with Crippen LogP contribution in [0.2, 0.25) is 0 Å². The normalized spacial score (nSPS) is 27.4. The van der Waals surface area contributed by atoms with Gasteiger partial charge in [0.1, 0.15) is 6.10 Å². The molecule has 3 heterocycles. The zero-order valence-electron chi connectivity index (χ0n) is 15.2. The molecule has 4 rings (SSSR count). The van der Waals surface area contributed by atoms with Crippen LogP contribution in [0.3, 0.4) is 0 Å². The number of carbonyl (C=O) groups is 2. The van der Waals surface area contributed by atoms with Gasteiger partial charge in [-0.1, -0.05) is 13.0 Å². The second-order valence-electron chi connectivity index (χ2n) is 7.42. The molecule has 6 nitrogen and oxygen atoms in total. The summed E-state index contributed by atoms with van der Waals surface area (Å²) in [5, 5.41) is 7.12. The monoisotopic (exact) mass is 418 g/mol. The molecule has 3 unspecified atom stereocenters. The Hall–Kier alpha value is -1.97. The lowest BCUT2D eigenvalue weighted by molar-refractivity contribution is -0.192. The predicted octanol–water partition coefficient (Wildman–Crippen LogP) is 2.84. The van der Waals surface area contributed by atoms with Crippen LogP contribution < -0.4 is 4.74 Å². The number of likely N-dealkylation sites (tertiary alicyclic amines) is 1. The maximum absolute atomic E-state index is 12.2. The summed E-state index contributed by atoms with van der Waals surface area (Å²) in [7, 11) is 0. The van der Waals surface area contributed by atoms with Crippen LogP contribution in [-0.2, 0) is 9.59 Å². The molecular formula is C18H21F3N2O4S. The van der Waals surface area contributed by atoms with Crippen molar-refractivity contribution >= 4 is 23.6 Å². The number of carboxylic acids is 1. The van der Waals surface area contributed by atoms with Crippen LogP contribution in [0, 0.1) is 11.8 Å². The van der Waals surface area contributed by atoms with Gasteiger partial charge in [0.2, 0.25) is 11.8 Å². The minimum Gasteiger partial charge on any atom is -0.475 e. The van der Waals surface area contributed by atoms with Crippen molar-refractivity contribution in [3.8, 4) is 5.88 Å². The van der Waals surface area contributed by atoms with Crippen molar-refractivity contribution in [3.63, 3.8) is 0 Å². The van der Waals surface area contributed by atoms with Crippen LogP contribution >= 0.6 is 11.8 Å². The Balaban J connectivity index is 0.000000279. The number of alkyl halides is 3. The number of carboxylic acid groups (broad SMARTS) is 1. The van der Waals surface area contributed by atoms with Crippen LogP contribution in [0.25, 0.3) is 0 Å². The van der Waals surface area contributed by atoms with E-state index < -0.39 is 12.1 Å². The van der Waals surface area contributed by atoms with Crippen LogP contribution in [0.1, 0.15) is 19.8 Å². The predicted molar refractivity (Wildman–Crippen MR) is 96.0 cm³/mol. The number of aromatic nitrogens is 1. The van der Waals surface area contributed by atoms with E-state index in [9.17, 15) is 18.0 Å². The zero-order chi connectivity index (χ0) is 20.5. The second kappa shape index (κ2) is 7.81. The quantitative estimate of drug-likeness (QED) is 0.813. The van der Waals surface area contributed by atoms with Crippen molar-refractivity contribution in [2.45, 2.75) is 36.8 Å². The van der Waals surface area contributed by atoms with E-state index in [4.69, 9.17) is 14.6 Å². The van der Waals surface area contributed by atoms with E-state index in [0.717, 1.165) is 31.7 Å². The number of aliphatic carboxylic acids is 1. The van der Waals surface area contributed by atoms with Gasteiger partial charge in [-0.3, -0.25) is 4.79 Å². The van der Waals surface area contributed by atoms with Gasteiger partial charge in [-0.25, -0.2) is 9.78 Å². The molecule has 154 valence electrons. The Labute approximate surface area is 164 Å². The van der Waals surface area contributed by atoms with Crippen molar-refractivity contribution < 1.29 is 32.6 Å². The first kappa shape index (κ1) is 20.8. The SMILES string of the molecule is CC1CC1C(=O)N1CC2(CC(Oc3ccccn3)CS2)C1.O=C(O)C(F)(F)F. The van der Waals surface area contributed by atoms with Gasteiger partial charge < -0.3 is 14.7 Å². The summed E-state index contributed by atoms with van der Waals surface area (Å²) in [5.74, 6) is 0.243. The average Bonchev–Trinajstić information content (AvgIpc) is 3.18. The van der Waals surface area contributed by atoms with E-state index in [1.807, 2.05) is 34.9 Å². The maximum Gasteiger partial charge on any atom is 0.490 e. The van der Waals surface area contributed by atoms with Gasteiger partial charge >= 0.3 is 12.1 Å². The Morgan fingerprint density at radius 1 is 1.36 bits per heavy atom. The fourth-order valence-electron chi connectivity index (χ4n) is 3.39. The standard InChI is InChI=1S/C16H20N2O2S.C2HF3O2/c1-11-6-13(11)15(19)18-9-16(10-18)7-12(8-21-16)20-14-4-2-3-5-17-14;3-2(4,5)1(6)7/h2-5,11-13H,6-10H2,1H3;(H,6,7). The molecular weight excluding hydrogens is 397 g/mol. The number of hydrogen-bond donors (Lipinski definition) is 1. The first-order valence-corrected chi connectivity index (χ1v) is 9.89. The molecule has 3 atom stereocenters. The Morgan fingerprint density at radius 3 is 2.50 bits per heavy atom. The largest absolute Gasteiger partial charge is 0.490 e. The molecule has 1 aromatic rings. The number of halogens is 3. The number of thioether (sulfide) groups is 1. The smallest absolute Gasteiger partial charge is 0.475 e. The third-order valence-electron chi connectivity index (χ3n) is 5.04. The fraction of sp³-hybridized carbons (Fsp3) is 0.611. The molecule has 1 amide bonds. The highest BCUT2D eigenvalue weighted by atomic mass is 32.2. The summed E-state index contributed by atoms with van der Waals surface area (Å²) in [6.07, 6.45) is -0.991. The molecule has 0 radical (unpaired) electrons. The van der Waals surface area contributed by atoms with E-state index in [-0.39, 0.29) is 10.9 Å². The molecule has 2 saturated heterocycles. The van der Waals surface area contributed by atoms with E-state index >= 15 is 0 Å². The third-order valence-corrected chi connectivity index (χ3v) is 6.61. The highest BCUT2D eigenvalue weighted by Gasteiger charge is 2.54. The molecule has 10 heteroatoms. The van der Waals surface area contributed by atoms with Crippen LogP contribution in [0.5, 0.6) is 5.88 Å². The average molecular weight is 418 g/mol. The molecule has 1 N–H and O–H groups in total. The molecule has 2 aliphatic heterocycles. The summed E-state index contributed by atoms with van der Waals surface area (Å²) in [6, 6.07) is 5.74. The van der Waals surface area contributed by atoms with Crippen LogP contribution in [0.15, 0.2) is 24.4 Å². The number of ether oxygens (including phenoxy) is 1. The van der Waals surface area contributed by atoms with Gasteiger partial charge in [-0.15, -0.1) is 11.8 Å². The molecule has 1 spiro atoms. The molecule has 3 aliphatic rings. The van der Waals surface area contributed by atoms with Crippen molar-refractivity contribution in [2.75, 3.05) is 18.8 Å². The summed E-state index contributed by atoms with van der Waals surface area (Å²) in [5.41, 5.74) is 0. The molecule has 0 bridgehead atoms. The lowest BCUT2D eigenvalue weighted by Crippen LogP contribution is -2.61. The third kappa shape index (κ3) is 4.89. The Bertz CT molecular complexity index is 725. The second-order valence-corrected chi connectivity index (χ2v) is 8.91. The van der Waals surface area contributed by atoms with Crippen LogP contribution in [-0.4, -0.2) is 62.7 Å². The number of carbonyl (C=O) groups excluding carboxylic acids is 1. The topological polar surface area (TPSA) is 79.7 Å². The van der Waals surface area contributed by atoms with Gasteiger partial charge in [0, 0.05) is 43.4 Å². The molecule has 28 heavy (non-hydrogen) atoms. The van der Waals surface area contributed by atoms with Gasteiger partial charge in [0.05, 0.1) is 4.75 Å². The minimum absolute atomic E-state index is 0.224. The first-order valence-electron chi connectivity index (χ1n) is 8.90. The maximum atomic E-state index is 12.2. The van der Waals surface area contributed by atoms with Crippen LogP contribution in [0.4, 0.5) is 13.2 Å². The molecule has 3 fully saturated rings.